The molecule has 0 spiro atoms. The highest BCUT2D eigenvalue weighted by Gasteiger charge is 2.22. The van der Waals surface area contributed by atoms with Crippen LogP contribution in [0.25, 0.3) is 0 Å². The zero-order valence-electron chi connectivity index (χ0n) is 12.0. The Balaban J connectivity index is 1.80. The maximum atomic E-state index is 12.0. The van der Waals surface area contributed by atoms with E-state index in [4.69, 9.17) is 0 Å². The number of rotatable bonds is 4. The van der Waals surface area contributed by atoms with Gasteiger partial charge in [0.2, 0.25) is 11.5 Å². The van der Waals surface area contributed by atoms with E-state index in [1.54, 1.807) is 7.05 Å². The van der Waals surface area contributed by atoms with Crippen LogP contribution in [0.15, 0.2) is 23.1 Å². The third kappa shape index (κ3) is 4.42. The maximum absolute atomic E-state index is 12.0. The van der Waals surface area contributed by atoms with Crippen molar-refractivity contribution in [3.8, 4) is 0 Å². The Morgan fingerprint density at radius 1 is 1.33 bits per heavy atom. The van der Waals surface area contributed by atoms with Crippen molar-refractivity contribution in [2.75, 3.05) is 26.7 Å². The number of pyridine rings is 1. The van der Waals surface area contributed by atoms with Gasteiger partial charge < -0.3 is 15.6 Å². The molecule has 0 aromatic carbocycles. The Morgan fingerprint density at radius 3 is 2.62 bits per heavy atom. The van der Waals surface area contributed by atoms with Crippen LogP contribution in [0.3, 0.4) is 0 Å². The highest BCUT2D eigenvalue weighted by Crippen LogP contribution is 2.10. The van der Waals surface area contributed by atoms with Crippen molar-refractivity contribution >= 4 is 11.8 Å². The number of aromatic amines is 1. The summed E-state index contributed by atoms with van der Waals surface area (Å²) in [6.45, 7) is 1.96. The van der Waals surface area contributed by atoms with Gasteiger partial charge in [0, 0.05) is 38.4 Å². The minimum atomic E-state index is -0.228. The summed E-state index contributed by atoms with van der Waals surface area (Å²) in [6, 6.07) is 2.95. The fraction of sp³-hybridized carbons (Fsp3) is 0.500. The molecule has 2 amide bonds. The van der Waals surface area contributed by atoms with Crippen LogP contribution in [0.4, 0.5) is 0 Å². The topological polar surface area (TPSA) is 94.3 Å². The van der Waals surface area contributed by atoms with E-state index in [0.717, 1.165) is 25.9 Å². The number of likely N-dealkylation sites (tertiary alicyclic amines) is 1. The van der Waals surface area contributed by atoms with Crippen LogP contribution in [0.2, 0.25) is 0 Å². The summed E-state index contributed by atoms with van der Waals surface area (Å²) in [5.74, 6) is -0.179. The first-order valence-electron chi connectivity index (χ1n) is 7.01. The number of nitrogens with one attached hydrogen (secondary N) is 3. The first kappa shape index (κ1) is 15.2. The number of hydrogen-bond acceptors (Lipinski definition) is 4. The van der Waals surface area contributed by atoms with Crippen LogP contribution in [0.5, 0.6) is 0 Å². The summed E-state index contributed by atoms with van der Waals surface area (Å²) in [5, 5.41) is 5.56. The van der Waals surface area contributed by atoms with Crippen LogP contribution >= 0.6 is 0 Å². The largest absolute Gasteiger partial charge is 0.358 e. The average molecular weight is 292 g/mol. The van der Waals surface area contributed by atoms with E-state index >= 15 is 0 Å². The van der Waals surface area contributed by atoms with Gasteiger partial charge in [0.15, 0.2) is 0 Å². The number of likely N-dealkylation sites (N-methyl/N-ethyl adjacent to an activating group) is 1. The van der Waals surface area contributed by atoms with E-state index in [0.29, 0.717) is 12.1 Å². The lowest BCUT2D eigenvalue weighted by molar-refractivity contribution is -0.122. The maximum Gasteiger partial charge on any atom is 0.252 e. The summed E-state index contributed by atoms with van der Waals surface area (Å²) < 4.78 is 0. The number of hydrogen-bond donors (Lipinski definition) is 3. The third-order valence-electron chi connectivity index (χ3n) is 3.62. The molecule has 1 aliphatic rings. The molecule has 3 N–H and O–H groups in total. The van der Waals surface area contributed by atoms with Crippen molar-refractivity contribution in [3.05, 3.63) is 34.2 Å². The molecule has 0 atom stereocenters. The Morgan fingerprint density at radius 2 is 2.05 bits per heavy atom. The molecule has 114 valence electrons. The van der Waals surface area contributed by atoms with E-state index in [2.05, 4.69) is 20.5 Å². The number of amides is 2. The molecule has 0 aliphatic carbocycles. The molecule has 7 nitrogen and oxygen atoms in total. The Bertz CT molecular complexity index is 541. The molecule has 2 rings (SSSR count). The van der Waals surface area contributed by atoms with E-state index in [1.807, 2.05) is 0 Å². The van der Waals surface area contributed by atoms with Crippen molar-refractivity contribution in [1.82, 2.24) is 20.5 Å². The van der Waals surface area contributed by atoms with Crippen LogP contribution < -0.4 is 16.2 Å². The average Bonchev–Trinajstić information content (AvgIpc) is 2.49. The molecule has 21 heavy (non-hydrogen) atoms. The summed E-state index contributed by atoms with van der Waals surface area (Å²) in [4.78, 5) is 38.8. The minimum Gasteiger partial charge on any atom is -0.358 e. The van der Waals surface area contributed by atoms with Gasteiger partial charge in [-0.2, -0.15) is 0 Å². The second-order valence-electron chi connectivity index (χ2n) is 5.14. The summed E-state index contributed by atoms with van der Waals surface area (Å²) in [6.07, 6.45) is 3.04. The predicted molar refractivity (Wildman–Crippen MR) is 78.1 cm³/mol. The monoisotopic (exact) mass is 292 g/mol. The molecular weight excluding hydrogens is 272 g/mol. The zero-order chi connectivity index (χ0) is 15.2. The molecule has 0 saturated carbocycles. The number of aromatic nitrogens is 1. The molecule has 1 fully saturated rings. The Hall–Kier alpha value is -2.15. The molecule has 7 heteroatoms. The van der Waals surface area contributed by atoms with Gasteiger partial charge in [0.1, 0.15) is 0 Å². The van der Waals surface area contributed by atoms with Crippen LogP contribution in [0.1, 0.15) is 23.2 Å². The fourth-order valence-corrected chi connectivity index (χ4v) is 2.34. The van der Waals surface area contributed by atoms with Crippen LogP contribution in [-0.4, -0.2) is 54.4 Å². The van der Waals surface area contributed by atoms with Gasteiger partial charge in [0.25, 0.3) is 5.91 Å². The van der Waals surface area contributed by atoms with Gasteiger partial charge in [-0.25, -0.2) is 0 Å². The quantitative estimate of drug-likeness (QED) is 0.685. The standard InChI is InChI=1S/C14H20N4O3/c1-15-13(20)9-18-6-4-11(5-7-18)17-14(21)10-2-3-12(19)16-8-10/h2-3,8,11H,4-7,9H2,1H3,(H,15,20)(H,16,19)(H,17,21). The zero-order valence-corrected chi connectivity index (χ0v) is 12.0. The second-order valence-corrected chi connectivity index (χ2v) is 5.14. The van der Waals surface area contributed by atoms with Gasteiger partial charge in [-0.05, 0) is 18.9 Å². The van der Waals surface area contributed by atoms with Gasteiger partial charge in [-0.15, -0.1) is 0 Å². The molecule has 1 aliphatic heterocycles. The summed E-state index contributed by atoms with van der Waals surface area (Å²) >= 11 is 0. The molecule has 0 unspecified atom stereocenters. The molecule has 1 aromatic heterocycles. The van der Waals surface area contributed by atoms with Gasteiger partial charge in [0.05, 0.1) is 12.1 Å². The van der Waals surface area contributed by atoms with E-state index < -0.39 is 0 Å². The molecule has 0 radical (unpaired) electrons. The highest BCUT2D eigenvalue weighted by molar-refractivity contribution is 5.94. The lowest BCUT2D eigenvalue weighted by Crippen LogP contribution is -2.47. The van der Waals surface area contributed by atoms with Gasteiger partial charge in [-0.1, -0.05) is 0 Å². The number of carbonyl (C=O) groups is 2. The summed E-state index contributed by atoms with van der Waals surface area (Å²) in [7, 11) is 1.62. The van der Waals surface area contributed by atoms with Crippen molar-refractivity contribution in [3.63, 3.8) is 0 Å². The Labute approximate surface area is 122 Å². The van der Waals surface area contributed by atoms with E-state index in [1.165, 1.54) is 18.3 Å². The number of H-pyrrole nitrogens is 1. The number of nitrogens with zero attached hydrogens (tertiary/aromatic N) is 1. The van der Waals surface area contributed by atoms with Gasteiger partial charge in [-0.3, -0.25) is 19.3 Å². The van der Waals surface area contributed by atoms with Crippen molar-refractivity contribution in [1.29, 1.82) is 0 Å². The third-order valence-corrected chi connectivity index (χ3v) is 3.62. The second kappa shape index (κ2) is 7.03. The van der Waals surface area contributed by atoms with E-state index in [-0.39, 0.29) is 23.4 Å². The molecule has 1 aromatic rings. The van der Waals surface area contributed by atoms with Crippen molar-refractivity contribution in [2.24, 2.45) is 0 Å². The summed E-state index contributed by atoms with van der Waals surface area (Å²) in [5.41, 5.74) is 0.219. The lowest BCUT2D eigenvalue weighted by Gasteiger charge is -2.31. The van der Waals surface area contributed by atoms with Crippen LogP contribution in [0, 0.1) is 0 Å². The van der Waals surface area contributed by atoms with Crippen molar-refractivity contribution < 1.29 is 9.59 Å². The van der Waals surface area contributed by atoms with E-state index in [9.17, 15) is 14.4 Å². The normalized spacial score (nSPS) is 16.4. The SMILES string of the molecule is CNC(=O)CN1CCC(NC(=O)c2ccc(=O)[nH]c2)CC1. The first-order chi connectivity index (χ1) is 10.1. The van der Waals surface area contributed by atoms with Crippen molar-refractivity contribution in [2.45, 2.75) is 18.9 Å². The smallest absolute Gasteiger partial charge is 0.252 e. The molecular formula is C14H20N4O3. The first-order valence-corrected chi connectivity index (χ1v) is 7.01. The lowest BCUT2D eigenvalue weighted by atomic mass is 10.0. The number of piperidine rings is 1. The van der Waals surface area contributed by atoms with Gasteiger partial charge >= 0.3 is 0 Å². The molecule has 0 bridgehead atoms. The number of carbonyl (C=O) groups excluding carboxylic acids is 2. The highest BCUT2D eigenvalue weighted by atomic mass is 16.2. The predicted octanol–water partition coefficient (Wildman–Crippen LogP) is -0.685. The molecule has 1 saturated heterocycles. The van der Waals surface area contributed by atoms with Crippen LogP contribution in [-0.2, 0) is 4.79 Å². The fourth-order valence-electron chi connectivity index (χ4n) is 2.34. The Kier molecular flexibility index (Phi) is 5.10. The molecule has 2 heterocycles. The minimum absolute atomic E-state index is 0.00530.